The Bertz CT molecular complexity index is 492. The first kappa shape index (κ1) is 15.7. The summed E-state index contributed by atoms with van der Waals surface area (Å²) < 4.78 is 15.8. The number of benzene rings is 1. The Balaban J connectivity index is 3.03. The monoisotopic (exact) mass is 280 g/mol. The molecular weight excluding hydrogens is 260 g/mol. The van der Waals surface area contributed by atoms with Crippen LogP contribution in [0.3, 0.4) is 0 Å². The van der Waals surface area contributed by atoms with E-state index in [1.807, 2.05) is 26.8 Å². The van der Waals surface area contributed by atoms with E-state index in [0.717, 1.165) is 5.56 Å². The molecule has 1 aromatic rings. The molecule has 0 heterocycles. The van der Waals surface area contributed by atoms with Crippen LogP contribution < -0.4 is 5.32 Å². The van der Waals surface area contributed by atoms with Crippen molar-refractivity contribution in [3.8, 4) is 0 Å². The van der Waals surface area contributed by atoms with Crippen molar-refractivity contribution in [3.05, 3.63) is 35.4 Å². The first-order valence-electron chi connectivity index (χ1n) is 6.05. The molecule has 0 unspecified atom stereocenters. The van der Waals surface area contributed by atoms with Crippen LogP contribution in [0, 0.1) is 0 Å². The summed E-state index contributed by atoms with van der Waals surface area (Å²) >= 11 is -1.30. The summed E-state index contributed by atoms with van der Waals surface area (Å²) in [6.45, 7) is 7.43. The number of carbonyl (C=O) groups is 1. The van der Waals surface area contributed by atoms with E-state index in [4.69, 9.17) is 0 Å². The van der Waals surface area contributed by atoms with E-state index >= 15 is 0 Å². The van der Waals surface area contributed by atoms with E-state index in [9.17, 15) is 9.35 Å². The van der Waals surface area contributed by atoms with Crippen molar-refractivity contribution in [2.45, 2.75) is 32.4 Å². The lowest BCUT2D eigenvalue weighted by Crippen LogP contribution is -2.26. The van der Waals surface area contributed by atoms with Gasteiger partial charge in [-0.15, -0.1) is 0 Å². The van der Waals surface area contributed by atoms with E-state index in [1.165, 1.54) is 0 Å². The fraction of sp³-hybridized carbons (Fsp3) is 0.429. The minimum absolute atomic E-state index is 0.147. The van der Waals surface area contributed by atoms with E-state index in [0.29, 0.717) is 11.3 Å². The number of hydrogen-bond donors (Lipinski definition) is 1. The number of nitrogens with one attached hydrogen (secondary N) is 1. The third-order valence-corrected chi connectivity index (χ3v) is 4.00. The van der Waals surface area contributed by atoms with Crippen LogP contribution in [0.5, 0.6) is 0 Å². The third kappa shape index (κ3) is 4.36. The fourth-order valence-corrected chi connectivity index (χ4v) is 1.97. The zero-order valence-electron chi connectivity index (χ0n) is 12.0. The average Bonchev–Trinajstić information content (AvgIpc) is 2.36. The molecule has 0 saturated heterocycles. The Morgan fingerprint density at radius 2 is 1.89 bits per heavy atom. The summed E-state index contributed by atoms with van der Waals surface area (Å²) in [4.78, 5) is 11.6. The number of rotatable bonds is 3. The second-order valence-electron chi connectivity index (χ2n) is 5.20. The second kappa shape index (κ2) is 6.21. The highest BCUT2D eigenvalue weighted by atomic mass is 32.2. The molecule has 0 aromatic heterocycles. The van der Waals surface area contributed by atoms with E-state index < -0.39 is 11.4 Å². The lowest BCUT2D eigenvalue weighted by molar-refractivity contribution is 0.0963. The van der Waals surface area contributed by atoms with Gasteiger partial charge in [0.1, 0.15) is 16.1 Å². The van der Waals surface area contributed by atoms with Gasteiger partial charge < -0.3 is 9.87 Å². The van der Waals surface area contributed by atoms with Crippen molar-refractivity contribution >= 4 is 23.0 Å². The lowest BCUT2D eigenvalue weighted by atomic mass is 10.1. The van der Waals surface area contributed by atoms with Crippen LogP contribution in [0.1, 0.15) is 43.6 Å². The predicted octanol–water partition coefficient (Wildman–Crippen LogP) is 2.32. The van der Waals surface area contributed by atoms with Crippen LogP contribution in [0.4, 0.5) is 0 Å². The molecule has 1 rings (SSSR count). The minimum Gasteiger partial charge on any atom is -0.591 e. The zero-order valence-corrected chi connectivity index (χ0v) is 12.8. The van der Waals surface area contributed by atoms with Gasteiger partial charge in [-0.1, -0.05) is 16.5 Å². The standard InChI is InChI=1S/C14H20N2O2S/c1-10(16-19(18)14(2,3)4)11-7-6-8-12(9-11)13(17)15-5/h6-9H,1-5H3,(H,15,17)/b16-10+/t19-/m0/s1. The summed E-state index contributed by atoms with van der Waals surface area (Å²) in [5, 5.41) is 2.57. The van der Waals surface area contributed by atoms with Gasteiger partial charge in [0.25, 0.3) is 5.91 Å². The maximum absolute atomic E-state index is 12.0. The number of carbonyl (C=O) groups excluding carboxylic acids is 1. The van der Waals surface area contributed by atoms with Crippen molar-refractivity contribution < 1.29 is 9.35 Å². The molecule has 0 saturated carbocycles. The molecule has 104 valence electrons. The minimum atomic E-state index is -1.30. The lowest BCUT2D eigenvalue weighted by Gasteiger charge is -2.18. The predicted molar refractivity (Wildman–Crippen MR) is 79.9 cm³/mol. The molecule has 5 heteroatoms. The molecule has 1 aromatic carbocycles. The van der Waals surface area contributed by atoms with Crippen LogP contribution in [-0.2, 0) is 11.4 Å². The van der Waals surface area contributed by atoms with Crippen molar-refractivity contribution in [1.29, 1.82) is 0 Å². The largest absolute Gasteiger partial charge is 0.591 e. The topological polar surface area (TPSA) is 64.5 Å². The maximum Gasteiger partial charge on any atom is 0.251 e. The third-order valence-electron chi connectivity index (χ3n) is 2.51. The average molecular weight is 280 g/mol. The fourth-order valence-electron chi connectivity index (χ4n) is 1.34. The van der Waals surface area contributed by atoms with E-state index in [2.05, 4.69) is 9.71 Å². The van der Waals surface area contributed by atoms with Gasteiger partial charge in [-0.05, 0) is 39.8 Å². The molecule has 0 aliphatic carbocycles. The number of amides is 1. The van der Waals surface area contributed by atoms with Crippen LogP contribution in [0.15, 0.2) is 28.7 Å². The quantitative estimate of drug-likeness (QED) is 0.682. The van der Waals surface area contributed by atoms with Gasteiger partial charge in [0, 0.05) is 18.2 Å². The summed E-state index contributed by atoms with van der Waals surface area (Å²) in [5.74, 6) is -0.147. The Hall–Kier alpha value is -1.33. The van der Waals surface area contributed by atoms with Gasteiger partial charge >= 0.3 is 0 Å². The molecule has 4 nitrogen and oxygen atoms in total. The molecule has 0 bridgehead atoms. The van der Waals surface area contributed by atoms with Crippen LogP contribution in [-0.4, -0.2) is 28.0 Å². The molecule has 0 aliphatic heterocycles. The molecule has 0 fully saturated rings. The summed E-state index contributed by atoms with van der Waals surface area (Å²) in [7, 11) is 1.59. The molecule has 0 radical (unpaired) electrons. The molecule has 1 amide bonds. The van der Waals surface area contributed by atoms with Gasteiger partial charge in [0.2, 0.25) is 0 Å². The Kier molecular flexibility index (Phi) is 5.14. The summed E-state index contributed by atoms with van der Waals surface area (Å²) in [6, 6.07) is 7.12. The van der Waals surface area contributed by atoms with Crippen LogP contribution in [0.25, 0.3) is 0 Å². The second-order valence-corrected chi connectivity index (χ2v) is 7.10. The van der Waals surface area contributed by atoms with Gasteiger partial charge in [0.05, 0.1) is 5.71 Å². The van der Waals surface area contributed by atoms with Gasteiger partial charge in [-0.2, -0.15) is 0 Å². The van der Waals surface area contributed by atoms with E-state index in [1.54, 1.807) is 32.2 Å². The molecular formula is C14H20N2O2S. The summed E-state index contributed by atoms with van der Waals surface area (Å²) in [5.41, 5.74) is 2.04. The highest BCUT2D eigenvalue weighted by Gasteiger charge is 2.26. The molecule has 0 spiro atoms. The van der Waals surface area contributed by atoms with Crippen molar-refractivity contribution in [2.24, 2.45) is 4.40 Å². The molecule has 1 N–H and O–H groups in total. The highest BCUT2D eigenvalue weighted by molar-refractivity contribution is 7.91. The Labute approximate surface area is 117 Å². The number of nitrogens with zero attached hydrogens (tertiary/aromatic N) is 1. The zero-order chi connectivity index (χ0) is 14.6. The first-order valence-corrected chi connectivity index (χ1v) is 7.16. The van der Waals surface area contributed by atoms with Crippen molar-refractivity contribution in [1.82, 2.24) is 5.32 Å². The van der Waals surface area contributed by atoms with E-state index in [-0.39, 0.29) is 10.7 Å². The van der Waals surface area contributed by atoms with Gasteiger partial charge in [-0.25, -0.2) is 0 Å². The van der Waals surface area contributed by atoms with Crippen LogP contribution >= 0.6 is 0 Å². The van der Waals surface area contributed by atoms with Gasteiger partial charge in [0.15, 0.2) is 0 Å². The Morgan fingerprint density at radius 3 is 2.42 bits per heavy atom. The molecule has 0 aliphatic rings. The SMILES string of the molecule is CNC(=O)c1cccc(/C(C)=N/[S@@+]([O-])C(C)(C)C)c1. The molecule has 19 heavy (non-hydrogen) atoms. The van der Waals surface area contributed by atoms with Crippen LogP contribution in [0.2, 0.25) is 0 Å². The summed E-state index contributed by atoms with van der Waals surface area (Å²) in [6.07, 6.45) is 0. The molecule has 1 atom stereocenters. The van der Waals surface area contributed by atoms with Gasteiger partial charge in [-0.3, -0.25) is 4.79 Å². The first-order chi connectivity index (χ1) is 8.75. The van der Waals surface area contributed by atoms with Crippen molar-refractivity contribution in [3.63, 3.8) is 0 Å². The Morgan fingerprint density at radius 1 is 1.32 bits per heavy atom. The number of hydrogen-bond acceptors (Lipinski definition) is 3. The smallest absolute Gasteiger partial charge is 0.251 e. The maximum atomic E-state index is 12.0. The normalized spacial score (nSPS) is 14.1. The van der Waals surface area contributed by atoms with Crippen molar-refractivity contribution in [2.75, 3.05) is 7.05 Å². The highest BCUT2D eigenvalue weighted by Crippen LogP contribution is 2.18.